The van der Waals surface area contributed by atoms with E-state index in [-0.39, 0.29) is 0 Å². The van der Waals surface area contributed by atoms with E-state index in [9.17, 15) is 0 Å². The van der Waals surface area contributed by atoms with Crippen LogP contribution >= 0.6 is 0 Å². The van der Waals surface area contributed by atoms with E-state index in [4.69, 9.17) is 5.41 Å². The summed E-state index contributed by atoms with van der Waals surface area (Å²) in [7, 11) is 0. The molecule has 2 heterocycles. The average molecular weight is 160 g/mol. The number of imidazole rings is 1. The van der Waals surface area contributed by atoms with Crippen molar-refractivity contribution in [1.82, 2.24) is 14.5 Å². The lowest BCUT2D eigenvalue weighted by molar-refractivity contribution is 1.13. The lowest BCUT2D eigenvalue weighted by Crippen LogP contribution is -2.02. The molecule has 0 amide bonds. The molecule has 12 heavy (non-hydrogen) atoms. The van der Waals surface area contributed by atoms with Gasteiger partial charge in [0.25, 0.3) is 0 Å². The highest BCUT2D eigenvalue weighted by Crippen LogP contribution is 2.07. The Morgan fingerprint density at radius 3 is 3.08 bits per heavy atom. The minimum atomic E-state index is 0.450. The lowest BCUT2D eigenvalue weighted by Gasteiger charge is -1.97. The molecule has 0 fully saturated rings. The molecule has 0 atom stereocenters. The van der Waals surface area contributed by atoms with Crippen LogP contribution in [0.4, 0.5) is 0 Å². The number of hydrogen-bond acceptors (Lipinski definition) is 3. The fourth-order valence-corrected chi connectivity index (χ4v) is 1.12. The van der Waals surface area contributed by atoms with E-state index in [2.05, 4.69) is 9.97 Å². The van der Waals surface area contributed by atoms with Gasteiger partial charge in [-0.25, -0.2) is 9.97 Å². The zero-order valence-electron chi connectivity index (χ0n) is 6.65. The van der Waals surface area contributed by atoms with Gasteiger partial charge in [-0.3, -0.25) is 9.98 Å². The van der Waals surface area contributed by atoms with E-state index in [0.29, 0.717) is 11.5 Å². The summed E-state index contributed by atoms with van der Waals surface area (Å²) in [6.45, 7) is 1.72. The molecule has 0 radical (unpaired) electrons. The standard InChI is InChI=1S/C8H8N4/c1-6(9)12-5-11-8-7(12)3-2-4-10-8/h2-5,9H,1H3. The zero-order valence-corrected chi connectivity index (χ0v) is 6.65. The second-order valence-electron chi connectivity index (χ2n) is 2.55. The summed E-state index contributed by atoms with van der Waals surface area (Å²) >= 11 is 0. The van der Waals surface area contributed by atoms with Crippen molar-refractivity contribution in [2.24, 2.45) is 0 Å². The van der Waals surface area contributed by atoms with Crippen LogP contribution in [-0.2, 0) is 0 Å². The molecule has 0 aliphatic heterocycles. The number of nitrogens with zero attached hydrogens (tertiary/aromatic N) is 3. The Labute approximate surface area is 69.4 Å². The monoisotopic (exact) mass is 160 g/mol. The molecule has 0 spiro atoms. The first-order valence-electron chi connectivity index (χ1n) is 3.62. The molecule has 0 saturated carbocycles. The van der Waals surface area contributed by atoms with Crippen molar-refractivity contribution in [3.63, 3.8) is 0 Å². The summed E-state index contributed by atoms with van der Waals surface area (Å²) in [6, 6.07) is 3.73. The molecule has 0 bridgehead atoms. The van der Waals surface area contributed by atoms with Gasteiger partial charge in [-0.1, -0.05) is 0 Å². The van der Waals surface area contributed by atoms with Crippen LogP contribution in [0.15, 0.2) is 24.7 Å². The van der Waals surface area contributed by atoms with Crippen molar-refractivity contribution in [3.05, 3.63) is 24.7 Å². The number of hydrogen-bond donors (Lipinski definition) is 1. The van der Waals surface area contributed by atoms with E-state index in [0.717, 1.165) is 5.52 Å². The molecule has 2 rings (SSSR count). The highest BCUT2D eigenvalue weighted by molar-refractivity contribution is 5.88. The quantitative estimate of drug-likeness (QED) is 0.466. The summed E-state index contributed by atoms with van der Waals surface area (Å²) in [5, 5.41) is 7.43. The van der Waals surface area contributed by atoms with Crippen LogP contribution in [0.25, 0.3) is 11.2 Å². The van der Waals surface area contributed by atoms with Crippen LogP contribution < -0.4 is 0 Å². The Bertz CT molecular complexity index is 429. The molecule has 0 unspecified atom stereocenters. The van der Waals surface area contributed by atoms with Gasteiger partial charge in [0.15, 0.2) is 5.65 Å². The van der Waals surface area contributed by atoms with Crippen LogP contribution in [-0.4, -0.2) is 20.4 Å². The number of fused-ring (bicyclic) bond motifs is 1. The van der Waals surface area contributed by atoms with Crippen LogP contribution in [0, 0.1) is 5.41 Å². The summed E-state index contributed by atoms with van der Waals surface area (Å²) in [4.78, 5) is 8.11. The Morgan fingerprint density at radius 1 is 1.50 bits per heavy atom. The first kappa shape index (κ1) is 6.97. The largest absolute Gasteiger partial charge is 0.288 e. The maximum absolute atomic E-state index is 7.43. The third-order valence-electron chi connectivity index (χ3n) is 1.68. The Balaban J connectivity index is 2.79. The first-order valence-corrected chi connectivity index (χ1v) is 3.62. The van der Waals surface area contributed by atoms with Gasteiger partial charge in [0.2, 0.25) is 0 Å². The molecular formula is C8H8N4. The highest BCUT2D eigenvalue weighted by atomic mass is 15.1. The Morgan fingerprint density at radius 2 is 2.33 bits per heavy atom. The predicted molar refractivity (Wildman–Crippen MR) is 46.3 cm³/mol. The van der Waals surface area contributed by atoms with Crippen molar-refractivity contribution >= 4 is 17.0 Å². The third-order valence-corrected chi connectivity index (χ3v) is 1.68. The van der Waals surface area contributed by atoms with Gasteiger partial charge in [-0.2, -0.15) is 0 Å². The molecule has 4 nitrogen and oxygen atoms in total. The Hall–Kier alpha value is -1.71. The van der Waals surface area contributed by atoms with Crippen LogP contribution in [0.1, 0.15) is 6.92 Å². The molecule has 2 aromatic rings. The van der Waals surface area contributed by atoms with Crippen molar-refractivity contribution < 1.29 is 0 Å². The zero-order chi connectivity index (χ0) is 8.55. The van der Waals surface area contributed by atoms with E-state index >= 15 is 0 Å². The molecule has 1 N–H and O–H groups in total. The maximum Gasteiger partial charge on any atom is 0.177 e. The highest BCUT2D eigenvalue weighted by Gasteiger charge is 2.02. The van der Waals surface area contributed by atoms with Gasteiger partial charge < -0.3 is 0 Å². The van der Waals surface area contributed by atoms with E-state index < -0.39 is 0 Å². The van der Waals surface area contributed by atoms with Crippen molar-refractivity contribution in [3.8, 4) is 0 Å². The van der Waals surface area contributed by atoms with Crippen LogP contribution in [0.2, 0.25) is 0 Å². The second kappa shape index (κ2) is 2.41. The van der Waals surface area contributed by atoms with Crippen LogP contribution in [0.3, 0.4) is 0 Å². The van der Waals surface area contributed by atoms with Crippen molar-refractivity contribution in [2.75, 3.05) is 0 Å². The second-order valence-corrected chi connectivity index (χ2v) is 2.55. The smallest absolute Gasteiger partial charge is 0.177 e. The SMILES string of the molecule is CC(=N)n1cnc2ncccc21. The number of nitrogens with one attached hydrogen (secondary N) is 1. The fourth-order valence-electron chi connectivity index (χ4n) is 1.12. The molecule has 0 saturated heterocycles. The lowest BCUT2D eigenvalue weighted by atomic mass is 10.4. The van der Waals surface area contributed by atoms with Gasteiger partial charge in [0, 0.05) is 6.20 Å². The van der Waals surface area contributed by atoms with E-state index in [1.165, 1.54) is 0 Å². The summed E-state index contributed by atoms with van der Waals surface area (Å²) < 4.78 is 1.70. The summed E-state index contributed by atoms with van der Waals surface area (Å²) in [5.74, 6) is 0.450. The third kappa shape index (κ3) is 0.887. The van der Waals surface area contributed by atoms with Gasteiger partial charge in [0.05, 0.1) is 5.52 Å². The van der Waals surface area contributed by atoms with Gasteiger partial charge >= 0.3 is 0 Å². The molecule has 4 heteroatoms. The first-order chi connectivity index (χ1) is 5.79. The molecular weight excluding hydrogens is 152 g/mol. The van der Waals surface area contributed by atoms with Crippen LogP contribution in [0.5, 0.6) is 0 Å². The van der Waals surface area contributed by atoms with E-state index in [1.54, 1.807) is 24.0 Å². The van der Waals surface area contributed by atoms with Crippen molar-refractivity contribution in [1.29, 1.82) is 5.41 Å². The molecule has 2 aromatic heterocycles. The van der Waals surface area contributed by atoms with Gasteiger partial charge in [0.1, 0.15) is 12.2 Å². The number of pyridine rings is 1. The minimum Gasteiger partial charge on any atom is -0.288 e. The number of aromatic nitrogens is 3. The average Bonchev–Trinajstić information content (AvgIpc) is 2.47. The molecule has 60 valence electrons. The minimum absolute atomic E-state index is 0.450. The maximum atomic E-state index is 7.43. The Kier molecular flexibility index (Phi) is 1.40. The summed E-state index contributed by atoms with van der Waals surface area (Å²) in [5.41, 5.74) is 1.56. The topological polar surface area (TPSA) is 54.6 Å². The fraction of sp³-hybridized carbons (Fsp3) is 0.125. The van der Waals surface area contributed by atoms with Crippen molar-refractivity contribution in [2.45, 2.75) is 6.92 Å². The van der Waals surface area contributed by atoms with Gasteiger partial charge in [-0.15, -0.1) is 0 Å². The predicted octanol–water partition coefficient (Wildman–Crippen LogP) is 1.28. The normalized spacial score (nSPS) is 10.4. The molecule has 0 aliphatic carbocycles. The summed E-state index contributed by atoms with van der Waals surface area (Å²) in [6.07, 6.45) is 3.30. The van der Waals surface area contributed by atoms with E-state index in [1.807, 2.05) is 12.1 Å². The van der Waals surface area contributed by atoms with Gasteiger partial charge in [-0.05, 0) is 19.1 Å². The molecule has 0 aliphatic rings. The number of rotatable bonds is 0. The molecule has 0 aromatic carbocycles.